The van der Waals surface area contributed by atoms with E-state index in [9.17, 15) is 9.90 Å². The Balaban J connectivity index is 1.77. The summed E-state index contributed by atoms with van der Waals surface area (Å²) < 4.78 is 5.75. The van der Waals surface area contributed by atoms with Crippen LogP contribution >= 0.6 is 0 Å². The molecule has 0 fully saturated rings. The van der Waals surface area contributed by atoms with Crippen LogP contribution in [0.3, 0.4) is 0 Å². The molecular formula is C18H18O4. The molecule has 0 aromatic heterocycles. The quantitative estimate of drug-likeness (QED) is 0.910. The molecule has 1 heterocycles. The summed E-state index contributed by atoms with van der Waals surface area (Å²) in [5, 5.41) is 19.4. The fourth-order valence-corrected chi connectivity index (χ4v) is 2.86. The van der Waals surface area contributed by atoms with Gasteiger partial charge in [0.15, 0.2) is 0 Å². The minimum Gasteiger partial charge on any atom is -0.493 e. The lowest BCUT2D eigenvalue weighted by Crippen LogP contribution is -2.27. The lowest BCUT2D eigenvalue weighted by atomic mass is 9.87. The zero-order valence-electron chi connectivity index (χ0n) is 12.1. The van der Waals surface area contributed by atoms with Crippen LogP contribution in [0.2, 0.25) is 0 Å². The number of benzene rings is 2. The molecule has 0 saturated heterocycles. The van der Waals surface area contributed by atoms with Crippen molar-refractivity contribution in [1.29, 1.82) is 0 Å². The Kier molecular flexibility index (Phi) is 4.11. The maximum Gasteiger partial charge on any atom is 0.307 e. The van der Waals surface area contributed by atoms with Crippen LogP contribution in [0.15, 0.2) is 48.5 Å². The Labute approximate surface area is 129 Å². The highest BCUT2D eigenvalue weighted by Gasteiger charge is 2.29. The number of fused-ring (bicyclic) bond motifs is 1. The van der Waals surface area contributed by atoms with E-state index in [0.29, 0.717) is 17.9 Å². The highest BCUT2D eigenvalue weighted by Crippen LogP contribution is 2.37. The number of hydrogen-bond acceptors (Lipinski definition) is 3. The first-order chi connectivity index (χ1) is 10.6. The number of aliphatic hydroxyl groups is 1. The van der Waals surface area contributed by atoms with Crippen molar-refractivity contribution >= 4 is 5.97 Å². The molecule has 1 aliphatic heterocycles. The lowest BCUT2D eigenvalue weighted by Gasteiger charge is -2.30. The van der Waals surface area contributed by atoms with Gasteiger partial charge >= 0.3 is 5.97 Å². The molecule has 114 valence electrons. The summed E-state index contributed by atoms with van der Waals surface area (Å²) in [7, 11) is 0. The first kappa shape index (κ1) is 14.6. The molecule has 0 spiro atoms. The van der Waals surface area contributed by atoms with Crippen LogP contribution in [0.5, 0.6) is 5.75 Å². The summed E-state index contributed by atoms with van der Waals surface area (Å²) >= 11 is 0. The van der Waals surface area contributed by atoms with Crippen LogP contribution in [0.1, 0.15) is 22.8 Å². The van der Waals surface area contributed by atoms with Gasteiger partial charge in [-0.15, -0.1) is 0 Å². The minimum absolute atomic E-state index is 0.000207. The fraction of sp³-hybridized carbons (Fsp3) is 0.278. The number of carbonyl (C=O) groups is 1. The topological polar surface area (TPSA) is 66.8 Å². The molecule has 0 amide bonds. The lowest BCUT2D eigenvalue weighted by molar-refractivity contribution is -0.136. The van der Waals surface area contributed by atoms with Gasteiger partial charge < -0.3 is 14.9 Å². The average Bonchev–Trinajstić information content (AvgIpc) is 2.50. The Morgan fingerprint density at radius 1 is 1.14 bits per heavy atom. The van der Waals surface area contributed by atoms with Gasteiger partial charge in [0.2, 0.25) is 0 Å². The zero-order valence-corrected chi connectivity index (χ0v) is 12.1. The Morgan fingerprint density at radius 3 is 2.64 bits per heavy atom. The van der Waals surface area contributed by atoms with E-state index in [1.807, 2.05) is 30.3 Å². The largest absolute Gasteiger partial charge is 0.493 e. The summed E-state index contributed by atoms with van der Waals surface area (Å²) in [6.07, 6.45) is 0.112. The predicted octanol–water partition coefficient (Wildman–Crippen LogP) is 2.60. The summed E-state index contributed by atoms with van der Waals surface area (Å²) in [4.78, 5) is 10.8. The third kappa shape index (κ3) is 3.12. The molecule has 2 N–H and O–H groups in total. The third-order valence-corrected chi connectivity index (χ3v) is 3.99. The van der Waals surface area contributed by atoms with Crippen LogP contribution in [-0.4, -0.2) is 22.8 Å². The zero-order chi connectivity index (χ0) is 15.5. The number of hydrogen-bond donors (Lipinski definition) is 2. The number of rotatable bonds is 4. The van der Waals surface area contributed by atoms with Crippen molar-refractivity contribution in [2.45, 2.75) is 18.9 Å². The highest BCUT2D eigenvalue weighted by molar-refractivity contribution is 5.70. The molecule has 1 aliphatic rings. The SMILES string of the molecule is O=C(O)Cc1ccc2c(c1)OC[C@@H](Cc1ccccc1)[C@@H]2O. The van der Waals surface area contributed by atoms with Crippen molar-refractivity contribution in [1.82, 2.24) is 0 Å². The molecule has 2 aromatic rings. The molecule has 0 aliphatic carbocycles. The first-order valence-electron chi connectivity index (χ1n) is 7.33. The third-order valence-electron chi connectivity index (χ3n) is 3.99. The van der Waals surface area contributed by atoms with Crippen molar-refractivity contribution < 1.29 is 19.7 Å². The molecule has 2 aromatic carbocycles. The summed E-state index contributed by atoms with van der Waals surface area (Å²) in [5.41, 5.74) is 2.59. The summed E-state index contributed by atoms with van der Waals surface area (Å²) in [6.45, 7) is 0.430. The van der Waals surface area contributed by atoms with Gasteiger partial charge in [-0.2, -0.15) is 0 Å². The van der Waals surface area contributed by atoms with E-state index >= 15 is 0 Å². The van der Waals surface area contributed by atoms with Crippen molar-refractivity contribution in [3.8, 4) is 5.75 Å². The van der Waals surface area contributed by atoms with Gasteiger partial charge in [-0.25, -0.2) is 0 Å². The Morgan fingerprint density at radius 2 is 1.91 bits per heavy atom. The van der Waals surface area contributed by atoms with E-state index in [1.54, 1.807) is 18.2 Å². The maximum absolute atomic E-state index is 10.8. The van der Waals surface area contributed by atoms with Gasteiger partial charge in [0, 0.05) is 11.5 Å². The number of carboxylic acid groups (broad SMARTS) is 1. The molecule has 0 radical (unpaired) electrons. The van der Waals surface area contributed by atoms with E-state index in [0.717, 1.165) is 12.0 Å². The van der Waals surface area contributed by atoms with Crippen molar-refractivity contribution in [3.05, 3.63) is 65.2 Å². The minimum atomic E-state index is -0.877. The first-order valence-corrected chi connectivity index (χ1v) is 7.33. The number of aliphatic hydroxyl groups excluding tert-OH is 1. The smallest absolute Gasteiger partial charge is 0.307 e. The molecule has 22 heavy (non-hydrogen) atoms. The van der Waals surface area contributed by atoms with Crippen molar-refractivity contribution in [2.24, 2.45) is 5.92 Å². The van der Waals surface area contributed by atoms with Gasteiger partial charge in [-0.3, -0.25) is 4.79 Å². The van der Waals surface area contributed by atoms with Crippen LogP contribution in [0.4, 0.5) is 0 Å². The molecule has 0 bridgehead atoms. The molecule has 4 heteroatoms. The highest BCUT2D eigenvalue weighted by atomic mass is 16.5. The molecular weight excluding hydrogens is 280 g/mol. The number of carboxylic acids is 1. The second kappa shape index (κ2) is 6.20. The van der Waals surface area contributed by atoms with Crippen LogP contribution < -0.4 is 4.74 Å². The van der Waals surface area contributed by atoms with Gasteiger partial charge in [-0.1, -0.05) is 42.5 Å². The summed E-state index contributed by atoms with van der Waals surface area (Å²) in [5.74, 6) is -0.283. The van der Waals surface area contributed by atoms with Gasteiger partial charge in [0.25, 0.3) is 0 Å². The van der Waals surface area contributed by atoms with E-state index in [4.69, 9.17) is 9.84 Å². The molecule has 2 atom stereocenters. The van der Waals surface area contributed by atoms with E-state index in [2.05, 4.69) is 0 Å². The second-order valence-corrected chi connectivity index (χ2v) is 5.65. The molecule has 0 unspecified atom stereocenters. The Hall–Kier alpha value is -2.33. The molecule has 4 nitrogen and oxygen atoms in total. The average molecular weight is 298 g/mol. The van der Waals surface area contributed by atoms with E-state index < -0.39 is 12.1 Å². The van der Waals surface area contributed by atoms with Crippen molar-refractivity contribution in [3.63, 3.8) is 0 Å². The van der Waals surface area contributed by atoms with Gasteiger partial charge in [-0.05, 0) is 23.6 Å². The van der Waals surface area contributed by atoms with E-state index in [1.165, 1.54) is 5.56 Å². The molecule has 3 rings (SSSR count). The van der Waals surface area contributed by atoms with E-state index in [-0.39, 0.29) is 12.3 Å². The monoisotopic (exact) mass is 298 g/mol. The van der Waals surface area contributed by atoms with Crippen LogP contribution in [-0.2, 0) is 17.6 Å². The maximum atomic E-state index is 10.8. The van der Waals surface area contributed by atoms with Gasteiger partial charge in [0.05, 0.1) is 19.1 Å². The molecule has 0 saturated carbocycles. The normalized spacial score (nSPS) is 20.0. The number of ether oxygens (including phenoxy) is 1. The van der Waals surface area contributed by atoms with Crippen LogP contribution in [0, 0.1) is 5.92 Å². The standard InChI is InChI=1S/C18H18O4/c19-17(20)10-13-6-7-15-16(9-13)22-11-14(18(15)21)8-12-4-2-1-3-5-12/h1-7,9,14,18,21H,8,10-11H2,(H,19,20)/t14-,18+/m1/s1. The summed E-state index contributed by atoms with van der Waals surface area (Å²) in [6, 6.07) is 15.2. The second-order valence-electron chi connectivity index (χ2n) is 5.65. The number of aliphatic carboxylic acids is 1. The van der Waals surface area contributed by atoms with Gasteiger partial charge in [0.1, 0.15) is 5.75 Å². The van der Waals surface area contributed by atoms with Crippen molar-refractivity contribution in [2.75, 3.05) is 6.61 Å². The Bertz CT molecular complexity index is 666. The van der Waals surface area contributed by atoms with Crippen LogP contribution in [0.25, 0.3) is 0 Å². The fourth-order valence-electron chi connectivity index (χ4n) is 2.86. The predicted molar refractivity (Wildman–Crippen MR) is 81.9 cm³/mol.